The van der Waals surface area contributed by atoms with Crippen LogP contribution in [0.5, 0.6) is 5.88 Å². The molecule has 0 aromatic carbocycles. The standard InChI is InChI=1S/C17H25N3O2/c1-17(2,3)14-6-7-15(19-18-14)22-11-12-8-9-20(10-12)16(21)13-4-5-13/h6-7,12-13H,4-5,8-11H2,1-3H3. The van der Waals surface area contributed by atoms with E-state index in [1.54, 1.807) is 0 Å². The Morgan fingerprint density at radius 2 is 2.05 bits per heavy atom. The Balaban J connectivity index is 1.47. The van der Waals surface area contributed by atoms with Gasteiger partial charge >= 0.3 is 0 Å². The van der Waals surface area contributed by atoms with E-state index in [2.05, 4.69) is 31.0 Å². The zero-order valence-electron chi connectivity index (χ0n) is 13.7. The van der Waals surface area contributed by atoms with Crippen LogP contribution in [0.15, 0.2) is 12.1 Å². The van der Waals surface area contributed by atoms with Gasteiger partial charge in [-0.05, 0) is 25.3 Å². The van der Waals surface area contributed by atoms with Gasteiger partial charge in [0.25, 0.3) is 0 Å². The van der Waals surface area contributed by atoms with Gasteiger partial charge in [0.15, 0.2) is 0 Å². The molecule has 0 bridgehead atoms. The van der Waals surface area contributed by atoms with Crippen molar-refractivity contribution in [3.05, 3.63) is 17.8 Å². The number of amides is 1. The minimum Gasteiger partial charge on any atom is -0.476 e. The number of rotatable bonds is 4. The summed E-state index contributed by atoms with van der Waals surface area (Å²) in [6.45, 7) is 8.64. The lowest BCUT2D eigenvalue weighted by molar-refractivity contribution is -0.131. The lowest BCUT2D eigenvalue weighted by atomic mass is 9.92. The largest absolute Gasteiger partial charge is 0.476 e. The van der Waals surface area contributed by atoms with Gasteiger partial charge in [-0.2, -0.15) is 5.10 Å². The van der Waals surface area contributed by atoms with Gasteiger partial charge < -0.3 is 9.64 Å². The molecule has 0 N–H and O–H groups in total. The summed E-state index contributed by atoms with van der Waals surface area (Å²) in [6.07, 6.45) is 3.17. The molecular formula is C17H25N3O2. The lowest BCUT2D eigenvalue weighted by Crippen LogP contribution is -2.30. The molecule has 1 unspecified atom stereocenters. The second kappa shape index (κ2) is 5.86. The molecule has 1 atom stereocenters. The second-order valence-electron chi connectivity index (χ2n) is 7.53. The average Bonchev–Trinajstić information content (AvgIpc) is 3.22. The van der Waals surface area contributed by atoms with Gasteiger partial charge in [-0.3, -0.25) is 4.79 Å². The van der Waals surface area contributed by atoms with E-state index >= 15 is 0 Å². The number of hydrogen-bond donors (Lipinski definition) is 0. The highest BCUT2D eigenvalue weighted by atomic mass is 16.5. The van der Waals surface area contributed by atoms with Crippen molar-refractivity contribution in [2.45, 2.75) is 45.4 Å². The molecule has 5 nitrogen and oxygen atoms in total. The molecular weight excluding hydrogens is 278 g/mol. The molecule has 120 valence electrons. The molecule has 1 aliphatic carbocycles. The van der Waals surface area contributed by atoms with Crippen LogP contribution in [0.25, 0.3) is 0 Å². The molecule has 2 heterocycles. The van der Waals surface area contributed by atoms with Crippen molar-refractivity contribution in [1.82, 2.24) is 15.1 Å². The maximum absolute atomic E-state index is 12.0. The number of likely N-dealkylation sites (tertiary alicyclic amines) is 1. The third kappa shape index (κ3) is 3.57. The smallest absolute Gasteiger partial charge is 0.233 e. The molecule has 1 saturated carbocycles. The first-order valence-corrected chi connectivity index (χ1v) is 8.19. The molecule has 22 heavy (non-hydrogen) atoms. The van der Waals surface area contributed by atoms with Gasteiger partial charge in [0, 0.05) is 36.4 Å². The van der Waals surface area contributed by atoms with Crippen LogP contribution >= 0.6 is 0 Å². The maximum atomic E-state index is 12.0. The van der Waals surface area contributed by atoms with E-state index in [-0.39, 0.29) is 5.41 Å². The highest BCUT2D eigenvalue weighted by Crippen LogP contribution is 2.33. The number of nitrogens with zero attached hydrogens (tertiary/aromatic N) is 3. The first kappa shape index (κ1) is 15.3. The van der Waals surface area contributed by atoms with Gasteiger partial charge in [0.1, 0.15) is 0 Å². The second-order valence-corrected chi connectivity index (χ2v) is 7.53. The highest BCUT2D eigenvalue weighted by molar-refractivity contribution is 5.81. The summed E-state index contributed by atoms with van der Waals surface area (Å²) < 4.78 is 5.75. The first-order chi connectivity index (χ1) is 10.4. The summed E-state index contributed by atoms with van der Waals surface area (Å²) >= 11 is 0. The van der Waals surface area contributed by atoms with Crippen LogP contribution in [0.1, 0.15) is 45.7 Å². The number of aromatic nitrogens is 2. The molecule has 0 spiro atoms. The van der Waals surface area contributed by atoms with Gasteiger partial charge in [0.05, 0.1) is 12.3 Å². The Kier molecular flexibility index (Phi) is 4.06. The normalized spacial score (nSPS) is 22.0. The molecule has 2 fully saturated rings. The van der Waals surface area contributed by atoms with E-state index in [1.807, 2.05) is 17.0 Å². The van der Waals surface area contributed by atoms with Gasteiger partial charge in [-0.25, -0.2) is 0 Å². The fraction of sp³-hybridized carbons (Fsp3) is 0.706. The van der Waals surface area contributed by atoms with Gasteiger partial charge in [-0.15, -0.1) is 5.10 Å². The molecule has 1 aliphatic heterocycles. The molecule has 1 amide bonds. The fourth-order valence-electron chi connectivity index (χ4n) is 2.76. The Morgan fingerprint density at radius 1 is 1.27 bits per heavy atom. The summed E-state index contributed by atoms with van der Waals surface area (Å²) in [6, 6.07) is 3.86. The molecule has 5 heteroatoms. The van der Waals surface area contributed by atoms with Crippen molar-refractivity contribution in [2.24, 2.45) is 11.8 Å². The van der Waals surface area contributed by atoms with Crippen molar-refractivity contribution in [1.29, 1.82) is 0 Å². The van der Waals surface area contributed by atoms with Crippen molar-refractivity contribution in [2.75, 3.05) is 19.7 Å². The minimum absolute atomic E-state index is 0.000651. The fourth-order valence-corrected chi connectivity index (χ4v) is 2.76. The average molecular weight is 303 g/mol. The van der Waals surface area contributed by atoms with E-state index in [4.69, 9.17) is 4.74 Å². The third-order valence-corrected chi connectivity index (χ3v) is 4.40. The van der Waals surface area contributed by atoms with Crippen LogP contribution in [0.3, 0.4) is 0 Å². The van der Waals surface area contributed by atoms with E-state index in [0.29, 0.717) is 30.2 Å². The molecule has 1 saturated heterocycles. The summed E-state index contributed by atoms with van der Waals surface area (Å²) in [7, 11) is 0. The van der Waals surface area contributed by atoms with Crippen molar-refractivity contribution in [3.63, 3.8) is 0 Å². The number of carbonyl (C=O) groups excluding carboxylic acids is 1. The van der Waals surface area contributed by atoms with Crippen LogP contribution in [-0.4, -0.2) is 40.7 Å². The van der Waals surface area contributed by atoms with Crippen molar-refractivity contribution in [3.8, 4) is 5.88 Å². The summed E-state index contributed by atoms with van der Waals surface area (Å²) in [4.78, 5) is 14.0. The maximum Gasteiger partial charge on any atom is 0.233 e. The Labute approximate surface area is 132 Å². The number of carbonyl (C=O) groups is 1. The van der Waals surface area contributed by atoms with Gasteiger partial charge in [0.2, 0.25) is 11.8 Å². The van der Waals surface area contributed by atoms with E-state index in [9.17, 15) is 4.79 Å². The summed E-state index contributed by atoms with van der Waals surface area (Å²) in [5, 5.41) is 8.38. The monoisotopic (exact) mass is 303 g/mol. The van der Waals surface area contributed by atoms with Crippen LogP contribution in [0.2, 0.25) is 0 Å². The first-order valence-electron chi connectivity index (χ1n) is 8.19. The summed E-state index contributed by atoms with van der Waals surface area (Å²) in [5.41, 5.74) is 0.961. The summed E-state index contributed by atoms with van der Waals surface area (Å²) in [5.74, 6) is 1.64. The SMILES string of the molecule is CC(C)(C)c1ccc(OCC2CCN(C(=O)C3CC3)C2)nn1. The van der Waals surface area contributed by atoms with Crippen molar-refractivity contribution >= 4 is 5.91 Å². The highest BCUT2D eigenvalue weighted by Gasteiger charge is 2.36. The van der Waals surface area contributed by atoms with Crippen LogP contribution in [-0.2, 0) is 10.2 Å². The Morgan fingerprint density at radius 3 is 2.64 bits per heavy atom. The Bertz CT molecular complexity index is 532. The third-order valence-electron chi connectivity index (χ3n) is 4.40. The molecule has 1 aromatic heterocycles. The molecule has 3 rings (SSSR count). The zero-order chi connectivity index (χ0) is 15.7. The number of hydrogen-bond acceptors (Lipinski definition) is 4. The van der Waals surface area contributed by atoms with E-state index in [0.717, 1.165) is 38.0 Å². The predicted molar refractivity (Wildman–Crippen MR) is 83.6 cm³/mol. The van der Waals surface area contributed by atoms with Crippen LogP contribution in [0, 0.1) is 11.8 Å². The molecule has 0 radical (unpaired) electrons. The molecule has 1 aromatic rings. The van der Waals surface area contributed by atoms with E-state index < -0.39 is 0 Å². The Hall–Kier alpha value is -1.65. The number of ether oxygens (including phenoxy) is 1. The predicted octanol–water partition coefficient (Wildman–Crippen LogP) is 2.41. The van der Waals surface area contributed by atoms with Crippen LogP contribution in [0.4, 0.5) is 0 Å². The van der Waals surface area contributed by atoms with Gasteiger partial charge in [-0.1, -0.05) is 20.8 Å². The lowest BCUT2D eigenvalue weighted by Gasteiger charge is -2.17. The van der Waals surface area contributed by atoms with Crippen LogP contribution < -0.4 is 4.74 Å². The van der Waals surface area contributed by atoms with E-state index in [1.165, 1.54) is 0 Å². The zero-order valence-corrected chi connectivity index (χ0v) is 13.7. The molecule has 2 aliphatic rings. The minimum atomic E-state index is 0.000651. The van der Waals surface area contributed by atoms with Crippen molar-refractivity contribution < 1.29 is 9.53 Å². The topological polar surface area (TPSA) is 55.3 Å². The quantitative estimate of drug-likeness (QED) is 0.857.